The molecule has 4 unspecified atom stereocenters. The van der Waals surface area contributed by atoms with E-state index in [2.05, 4.69) is 14.3 Å². The van der Waals surface area contributed by atoms with Crippen molar-refractivity contribution in [3.63, 3.8) is 0 Å². The molecule has 0 bridgehead atoms. The summed E-state index contributed by atoms with van der Waals surface area (Å²) in [5, 5.41) is 0. The SMILES string of the molecule is COc1ccc(F)cc1N1CCN(CCCN2C(=O)C3CC(F)C(OP(=O)(O)O)CC3C2=O)CC1. The molecule has 2 amide bonds. The third kappa shape index (κ3) is 5.83. The van der Waals surface area contributed by atoms with E-state index in [-0.39, 0.29) is 25.2 Å². The number of hydrogen-bond donors (Lipinski definition) is 2. The van der Waals surface area contributed by atoms with Gasteiger partial charge in [-0.2, -0.15) is 0 Å². The lowest BCUT2D eigenvalue weighted by Gasteiger charge is -2.36. The van der Waals surface area contributed by atoms with Crippen molar-refractivity contribution in [2.24, 2.45) is 11.8 Å². The molecule has 4 rings (SSSR count). The molecule has 0 radical (unpaired) electrons. The van der Waals surface area contributed by atoms with Crippen LogP contribution in [0.15, 0.2) is 18.2 Å². The number of halogens is 2. The topological polar surface area (TPSA) is 120 Å². The number of benzene rings is 1. The summed E-state index contributed by atoms with van der Waals surface area (Å²) in [4.78, 5) is 48.9. The molecule has 0 aromatic heterocycles. The largest absolute Gasteiger partial charge is 0.495 e. The van der Waals surface area contributed by atoms with Gasteiger partial charge < -0.3 is 19.4 Å². The minimum Gasteiger partial charge on any atom is -0.495 e. The number of phosphoric acid groups is 1. The van der Waals surface area contributed by atoms with Gasteiger partial charge in [-0.3, -0.25) is 23.9 Å². The van der Waals surface area contributed by atoms with Crippen LogP contribution in [-0.4, -0.2) is 90.1 Å². The van der Waals surface area contributed by atoms with Crippen LogP contribution in [0.2, 0.25) is 0 Å². The highest BCUT2D eigenvalue weighted by Crippen LogP contribution is 2.46. The lowest BCUT2D eigenvalue weighted by atomic mass is 9.78. The van der Waals surface area contributed by atoms with Crippen LogP contribution in [0.25, 0.3) is 0 Å². The standard InChI is InChI=1S/C22H30F2N3O7P/c1-33-19-4-3-14(23)11-18(19)26-9-7-25(8-10-26)5-2-6-27-21(28)15-12-17(24)20(34-35(30,31)32)13-16(15)22(27)29/h3-4,11,15-17,20H,2,5-10,12-13H2,1H3,(H2,30,31,32). The molecule has 2 aliphatic heterocycles. The van der Waals surface area contributed by atoms with E-state index in [1.807, 2.05) is 0 Å². The Bertz CT molecular complexity index is 1000. The molecule has 1 aliphatic carbocycles. The summed E-state index contributed by atoms with van der Waals surface area (Å²) < 4.78 is 49.0. The van der Waals surface area contributed by atoms with Crippen molar-refractivity contribution < 1.29 is 42.0 Å². The Morgan fingerprint density at radius 2 is 1.71 bits per heavy atom. The first-order valence-electron chi connectivity index (χ1n) is 11.6. The first kappa shape index (κ1) is 26.0. The van der Waals surface area contributed by atoms with E-state index in [9.17, 15) is 22.9 Å². The van der Waals surface area contributed by atoms with E-state index in [1.165, 1.54) is 12.1 Å². The minimum atomic E-state index is -4.91. The van der Waals surface area contributed by atoms with E-state index in [4.69, 9.17) is 14.5 Å². The number of ether oxygens (including phenoxy) is 1. The fourth-order valence-corrected chi connectivity index (χ4v) is 5.83. The van der Waals surface area contributed by atoms with E-state index >= 15 is 0 Å². The molecule has 13 heteroatoms. The zero-order valence-corrected chi connectivity index (χ0v) is 20.3. The molecule has 2 heterocycles. The fraction of sp³-hybridized carbons (Fsp3) is 0.636. The van der Waals surface area contributed by atoms with Crippen molar-refractivity contribution in [2.75, 3.05) is 51.3 Å². The summed E-state index contributed by atoms with van der Waals surface area (Å²) in [7, 11) is -3.36. The molecular formula is C22H30F2N3O7P. The lowest BCUT2D eigenvalue weighted by Crippen LogP contribution is -2.47. The molecule has 2 saturated heterocycles. The Morgan fingerprint density at radius 3 is 2.34 bits per heavy atom. The number of likely N-dealkylation sites (tertiary alicyclic amines) is 1. The Labute approximate surface area is 202 Å². The first-order chi connectivity index (χ1) is 16.6. The molecule has 2 N–H and O–H groups in total. The normalized spacial score (nSPS) is 27.9. The van der Waals surface area contributed by atoms with Gasteiger partial charge in [0.15, 0.2) is 0 Å². The molecule has 194 valence electrons. The molecule has 0 spiro atoms. The van der Waals surface area contributed by atoms with Gasteiger partial charge >= 0.3 is 7.82 Å². The van der Waals surface area contributed by atoms with Crippen LogP contribution in [0, 0.1) is 17.7 Å². The third-order valence-corrected chi connectivity index (χ3v) is 7.55. The van der Waals surface area contributed by atoms with Crippen LogP contribution in [-0.2, 0) is 18.7 Å². The number of methoxy groups -OCH3 is 1. The number of carbonyl (C=O) groups excluding carboxylic acids is 2. The van der Waals surface area contributed by atoms with Crippen LogP contribution < -0.4 is 9.64 Å². The second-order valence-corrected chi connectivity index (χ2v) is 10.4. The number of amides is 2. The van der Waals surface area contributed by atoms with Crippen molar-refractivity contribution in [2.45, 2.75) is 31.5 Å². The summed E-state index contributed by atoms with van der Waals surface area (Å²) in [6, 6.07) is 4.41. The number of carbonyl (C=O) groups is 2. The van der Waals surface area contributed by atoms with Crippen molar-refractivity contribution in [3.05, 3.63) is 24.0 Å². The Hall–Kier alpha value is -2.11. The average Bonchev–Trinajstić information content (AvgIpc) is 3.03. The smallest absolute Gasteiger partial charge is 0.469 e. The van der Waals surface area contributed by atoms with Gasteiger partial charge in [0.2, 0.25) is 11.8 Å². The maximum Gasteiger partial charge on any atom is 0.469 e. The number of alkyl halides is 1. The monoisotopic (exact) mass is 517 g/mol. The lowest BCUT2D eigenvalue weighted by molar-refractivity contribution is -0.140. The number of piperazine rings is 1. The van der Waals surface area contributed by atoms with E-state index in [1.54, 1.807) is 13.2 Å². The predicted molar refractivity (Wildman–Crippen MR) is 121 cm³/mol. The summed E-state index contributed by atoms with van der Waals surface area (Å²) in [5.41, 5.74) is 0.704. The highest BCUT2D eigenvalue weighted by molar-refractivity contribution is 7.46. The quantitative estimate of drug-likeness (QED) is 0.391. The van der Waals surface area contributed by atoms with Crippen LogP contribution in [0.3, 0.4) is 0 Å². The maximum atomic E-state index is 14.4. The van der Waals surface area contributed by atoms with Gasteiger partial charge in [-0.1, -0.05) is 0 Å². The van der Waals surface area contributed by atoms with Gasteiger partial charge in [-0.05, 0) is 37.9 Å². The van der Waals surface area contributed by atoms with E-state index in [0.717, 1.165) is 18.0 Å². The number of phosphoric ester groups is 1. The summed E-state index contributed by atoms with van der Waals surface area (Å²) >= 11 is 0. The van der Waals surface area contributed by atoms with Crippen molar-refractivity contribution in [3.8, 4) is 5.75 Å². The van der Waals surface area contributed by atoms with Gasteiger partial charge in [-0.25, -0.2) is 13.3 Å². The maximum absolute atomic E-state index is 14.4. The number of fused-ring (bicyclic) bond motifs is 1. The predicted octanol–water partition coefficient (Wildman–Crippen LogP) is 1.56. The van der Waals surface area contributed by atoms with Crippen molar-refractivity contribution >= 4 is 25.3 Å². The molecular weight excluding hydrogens is 487 g/mol. The molecule has 3 fully saturated rings. The molecule has 35 heavy (non-hydrogen) atoms. The van der Waals surface area contributed by atoms with Crippen LogP contribution >= 0.6 is 7.82 Å². The Balaban J connectivity index is 1.27. The van der Waals surface area contributed by atoms with Crippen molar-refractivity contribution in [1.82, 2.24) is 9.80 Å². The summed E-state index contributed by atoms with van der Waals surface area (Å²) in [6.07, 6.45) is -3.12. The summed E-state index contributed by atoms with van der Waals surface area (Å²) in [5.74, 6) is -2.23. The Morgan fingerprint density at radius 1 is 1.06 bits per heavy atom. The first-order valence-corrected chi connectivity index (χ1v) is 13.1. The van der Waals surface area contributed by atoms with Gasteiger partial charge in [-0.15, -0.1) is 0 Å². The minimum absolute atomic E-state index is 0.198. The average molecular weight is 517 g/mol. The number of nitrogens with zero attached hydrogens (tertiary/aromatic N) is 3. The van der Waals surface area contributed by atoms with E-state index < -0.39 is 43.7 Å². The van der Waals surface area contributed by atoms with Gasteiger partial charge in [0.25, 0.3) is 0 Å². The number of hydrogen-bond acceptors (Lipinski definition) is 7. The van der Waals surface area contributed by atoms with Crippen LogP contribution in [0.1, 0.15) is 19.3 Å². The second-order valence-electron chi connectivity index (χ2n) is 9.16. The summed E-state index contributed by atoms with van der Waals surface area (Å²) in [6.45, 7) is 3.63. The fourth-order valence-electron chi connectivity index (χ4n) is 5.26. The third-order valence-electron chi connectivity index (χ3n) is 7.00. The van der Waals surface area contributed by atoms with Gasteiger partial charge in [0.1, 0.15) is 23.8 Å². The number of rotatable bonds is 8. The zero-order valence-electron chi connectivity index (χ0n) is 19.4. The van der Waals surface area contributed by atoms with Gasteiger partial charge in [0.05, 0.1) is 24.6 Å². The van der Waals surface area contributed by atoms with Crippen molar-refractivity contribution in [1.29, 1.82) is 0 Å². The highest BCUT2D eigenvalue weighted by Gasteiger charge is 2.53. The number of anilines is 1. The van der Waals surface area contributed by atoms with Crippen LogP contribution in [0.5, 0.6) is 5.75 Å². The second kappa shape index (κ2) is 10.5. The molecule has 1 aromatic rings. The van der Waals surface area contributed by atoms with Crippen LogP contribution in [0.4, 0.5) is 14.5 Å². The van der Waals surface area contributed by atoms with Gasteiger partial charge in [0, 0.05) is 38.8 Å². The molecule has 1 saturated carbocycles. The molecule has 10 nitrogen and oxygen atoms in total. The molecule has 3 aliphatic rings. The highest BCUT2D eigenvalue weighted by atomic mass is 31.2. The molecule has 1 aromatic carbocycles. The zero-order chi connectivity index (χ0) is 25.3. The Kier molecular flexibility index (Phi) is 7.77. The number of imide groups is 1. The molecule has 4 atom stereocenters. The van der Waals surface area contributed by atoms with E-state index in [0.29, 0.717) is 37.5 Å².